The lowest BCUT2D eigenvalue weighted by atomic mass is 10.1. The van der Waals surface area contributed by atoms with Crippen LogP contribution in [0.5, 0.6) is 34.5 Å². The normalized spacial score (nSPS) is 14.8. The van der Waals surface area contributed by atoms with Gasteiger partial charge in [-0.25, -0.2) is 0 Å². The van der Waals surface area contributed by atoms with E-state index in [0.717, 1.165) is 57.1 Å². The molecule has 3 aliphatic heterocycles. The van der Waals surface area contributed by atoms with E-state index in [1.807, 2.05) is 22.7 Å². The highest BCUT2D eigenvalue weighted by Gasteiger charge is 2.31. The second kappa shape index (κ2) is 15.3. The predicted octanol–water partition coefficient (Wildman–Crippen LogP) is 12.2. The van der Waals surface area contributed by atoms with Crippen molar-refractivity contribution in [1.82, 2.24) is 0 Å². The topological polar surface area (TPSA) is 55.4 Å². The van der Waals surface area contributed by atoms with E-state index in [0.29, 0.717) is 39.6 Å². The monoisotopic (exact) mass is 754 g/mol. The Kier molecular flexibility index (Phi) is 10.4. The molecule has 11 heteroatoms. The number of hydrogen-bond donors (Lipinski definition) is 0. The highest BCUT2D eigenvalue weighted by Crippen LogP contribution is 2.59. The van der Waals surface area contributed by atoms with Crippen LogP contribution < -0.4 is 28.4 Å². The third-order valence-corrected chi connectivity index (χ3v) is 15.4. The minimum atomic E-state index is 0.550. The number of thiophene rings is 5. The van der Waals surface area contributed by atoms with Gasteiger partial charge in [-0.2, -0.15) is 0 Å². The number of rotatable bonds is 14. The van der Waals surface area contributed by atoms with E-state index in [1.54, 1.807) is 34.0 Å². The quantitative estimate of drug-likeness (QED) is 0.105. The van der Waals surface area contributed by atoms with E-state index < -0.39 is 0 Å². The molecule has 8 heterocycles. The molecular formula is C38H42O6S5. The molecule has 0 fully saturated rings. The first kappa shape index (κ1) is 33.4. The fourth-order valence-corrected chi connectivity index (χ4v) is 12.6. The maximum absolute atomic E-state index is 6.33. The van der Waals surface area contributed by atoms with Crippen LogP contribution in [0.1, 0.15) is 75.0 Å². The zero-order valence-electron chi connectivity index (χ0n) is 28.1. The van der Waals surface area contributed by atoms with Crippen molar-refractivity contribution >= 4 is 56.7 Å². The van der Waals surface area contributed by atoms with Crippen molar-refractivity contribution < 1.29 is 28.4 Å². The van der Waals surface area contributed by atoms with Crippen LogP contribution in [0.15, 0.2) is 24.3 Å². The van der Waals surface area contributed by atoms with Crippen molar-refractivity contribution in [3.63, 3.8) is 0 Å². The molecular weight excluding hydrogens is 713 g/mol. The number of unbranched alkanes of at least 4 members (excludes halogenated alkanes) is 6. The highest BCUT2D eigenvalue weighted by atomic mass is 32.1. The Hall–Kier alpha value is -2.70. The molecule has 6 nitrogen and oxygen atoms in total. The van der Waals surface area contributed by atoms with Crippen LogP contribution in [0.4, 0.5) is 0 Å². The van der Waals surface area contributed by atoms with Crippen LogP contribution >= 0.6 is 56.7 Å². The van der Waals surface area contributed by atoms with E-state index in [-0.39, 0.29) is 0 Å². The molecule has 0 saturated carbocycles. The van der Waals surface area contributed by atoms with E-state index in [1.165, 1.54) is 90.4 Å². The number of hydrogen-bond acceptors (Lipinski definition) is 11. The first-order chi connectivity index (χ1) is 24.2. The van der Waals surface area contributed by atoms with Gasteiger partial charge in [0.1, 0.15) is 39.6 Å². The van der Waals surface area contributed by atoms with Gasteiger partial charge in [-0.05, 0) is 49.9 Å². The third kappa shape index (κ3) is 6.73. The van der Waals surface area contributed by atoms with Gasteiger partial charge in [-0.1, -0.05) is 52.4 Å². The van der Waals surface area contributed by atoms with Crippen molar-refractivity contribution in [1.29, 1.82) is 0 Å². The Bertz CT molecular complexity index is 1760. The van der Waals surface area contributed by atoms with Crippen LogP contribution in [0.25, 0.3) is 39.0 Å². The summed E-state index contributed by atoms with van der Waals surface area (Å²) in [4.78, 5) is 12.0. The summed E-state index contributed by atoms with van der Waals surface area (Å²) in [5, 5.41) is 0. The molecule has 0 radical (unpaired) electrons. The molecule has 0 N–H and O–H groups in total. The maximum atomic E-state index is 6.33. The molecule has 0 saturated heterocycles. The molecule has 0 atom stereocenters. The second-order valence-corrected chi connectivity index (χ2v) is 17.9. The Morgan fingerprint density at radius 2 is 0.714 bits per heavy atom. The minimum Gasteiger partial charge on any atom is -0.485 e. The van der Waals surface area contributed by atoms with Gasteiger partial charge in [-0.15, -0.1) is 56.7 Å². The average molecular weight is 755 g/mol. The lowest BCUT2D eigenvalue weighted by Crippen LogP contribution is -2.15. The van der Waals surface area contributed by atoms with E-state index >= 15 is 0 Å². The summed E-state index contributed by atoms with van der Waals surface area (Å²) in [5.41, 5.74) is 0. The molecule has 0 aliphatic carbocycles. The minimum absolute atomic E-state index is 0.550. The van der Waals surface area contributed by atoms with E-state index in [9.17, 15) is 0 Å². The molecule has 260 valence electrons. The summed E-state index contributed by atoms with van der Waals surface area (Å²) in [6.07, 6.45) is 12.0. The van der Waals surface area contributed by atoms with Crippen molar-refractivity contribution in [3.8, 4) is 73.5 Å². The molecule has 0 aromatic carbocycles. The van der Waals surface area contributed by atoms with Gasteiger partial charge in [0.15, 0.2) is 34.5 Å². The molecule has 8 rings (SSSR count). The van der Waals surface area contributed by atoms with Gasteiger partial charge >= 0.3 is 0 Å². The zero-order valence-corrected chi connectivity index (χ0v) is 32.2. The summed E-state index contributed by atoms with van der Waals surface area (Å²) in [6, 6.07) is 8.90. The SMILES string of the molecule is CCCCCCc1sc(-c2ccc(-c3sc(-c4ccc(-c5sc(CCCCCC)c6c5OCCO6)s4)c4c3OCCO4)s2)c2c1OCCO2. The number of aryl methyl sites for hydroxylation is 2. The summed E-state index contributed by atoms with van der Waals surface area (Å²) in [5.74, 6) is 5.49. The smallest absolute Gasteiger partial charge is 0.181 e. The second-order valence-electron chi connectivity index (χ2n) is 12.5. The zero-order chi connectivity index (χ0) is 33.2. The van der Waals surface area contributed by atoms with Gasteiger partial charge in [-0.3, -0.25) is 0 Å². The van der Waals surface area contributed by atoms with Gasteiger partial charge in [0.2, 0.25) is 0 Å². The van der Waals surface area contributed by atoms with Gasteiger partial charge < -0.3 is 28.4 Å². The molecule has 0 unspecified atom stereocenters. The van der Waals surface area contributed by atoms with Crippen LogP contribution in [-0.2, 0) is 12.8 Å². The first-order valence-corrected chi connectivity index (χ1v) is 21.8. The first-order valence-electron chi connectivity index (χ1n) is 17.7. The Morgan fingerprint density at radius 1 is 0.388 bits per heavy atom. The molecule has 3 aliphatic rings. The number of fused-ring (bicyclic) bond motifs is 3. The third-order valence-electron chi connectivity index (χ3n) is 8.96. The standard InChI is InChI=1S/C38H42O6S5/c1-3-5-7-9-11-23-29-31(41-19-17-39-29)35(47-23)25-13-15-27(45-25)37-33-34(44-22-21-43-33)38(49-37)28-16-14-26(46-28)36-32-30(40-18-20-42-32)24(48-36)12-10-8-6-4-2/h13-16H,3-12,17-22H2,1-2H3. The summed E-state index contributed by atoms with van der Waals surface area (Å²) in [6.45, 7) is 8.02. The molecule has 5 aromatic rings. The summed E-state index contributed by atoms with van der Waals surface area (Å²) in [7, 11) is 0. The van der Waals surface area contributed by atoms with E-state index in [4.69, 9.17) is 28.4 Å². The van der Waals surface area contributed by atoms with Gasteiger partial charge in [0.05, 0.1) is 29.3 Å². The molecule has 0 spiro atoms. The van der Waals surface area contributed by atoms with Gasteiger partial charge in [0, 0.05) is 19.5 Å². The van der Waals surface area contributed by atoms with E-state index in [2.05, 4.69) is 38.1 Å². The number of ether oxygens (including phenoxy) is 6. The highest BCUT2D eigenvalue weighted by molar-refractivity contribution is 7.30. The molecule has 0 amide bonds. The Morgan fingerprint density at radius 3 is 1.08 bits per heavy atom. The van der Waals surface area contributed by atoms with Crippen LogP contribution in [0, 0.1) is 0 Å². The summed E-state index contributed by atoms with van der Waals surface area (Å²) < 4.78 is 37.4. The molecule has 5 aromatic heterocycles. The van der Waals surface area contributed by atoms with Crippen molar-refractivity contribution in [3.05, 3.63) is 34.0 Å². The van der Waals surface area contributed by atoms with Crippen LogP contribution in [0.2, 0.25) is 0 Å². The van der Waals surface area contributed by atoms with Crippen molar-refractivity contribution in [2.75, 3.05) is 39.6 Å². The Labute approximate surface area is 308 Å². The lowest BCUT2D eigenvalue weighted by Gasteiger charge is -2.17. The fourth-order valence-electron chi connectivity index (χ4n) is 6.54. The van der Waals surface area contributed by atoms with Crippen molar-refractivity contribution in [2.24, 2.45) is 0 Å². The predicted molar refractivity (Wildman–Crippen MR) is 206 cm³/mol. The molecule has 0 bridgehead atoms. The fraction of sp³-hybridized carbons (Fsp3) is 0.474. The summed E-state index contributed by atoms with van der Waals surface area (Å²) >= 11 is 9.02. The van der Waals surface area contributed by atoms with Crippen molar-refractivity contribution in [2.45, 2.75) is 78.1 Å². The van der Waals surface area contributed by atoms with Crippen LogP contribution in [0.3, 0.4) is 0 Å². The molecule has 49 heavy (non-hydrogen) atoms. The Balaban J connectivity index is 1.09. The lowest BCUT2D eigenvalue weighted by molar-refractivity contribution is 0.172. The maximum Gasteiger partial charge on any atom is 0.181 e. The average Bonchev–Trinajstić information content (AvgIpc) is 3.97. The van der Waals surface area contributed by atoms with Gasteiger partial charge in [0.25, 0.3) is 0 Å². The van der Waals surface area contributed by atoms with Crippen LogP contribution in [-0.4, -0.2) is 39.6 Å². The largest absolute Gasteiger partial charge is 0.485 e.